The molecule has 0 unspecified atom stereocenters. The molecule has 2 heteroatoms. The highest BCUT2D eigenvalue weighted by atomic mass is 16.3. The molecule has 0 spiro atoms. The van der Waals surface area contributed by atoms with Crippen LogP contribution in [0, 0.1) is 0 Å². The van der Waals surface area contributed by atoms with E-state index in [0.29, 0.717) is 12.6 Å². The van der Waals surface area contributed by atoms with Gasteiger partial charge in [0.25, 0.3) is 0 Å². The number of unbranched alkanes of at least 4 members (excludes halogenated alkanes) is 1. The fourth-order valence-electron chi connectivity index (χ4n) is 2.68. The first-order valence-electron chi connectivity index (χ1n) is 6.79. The highest BCUT2D eigenvalue weighted by molar-refractivity contribution is 5.14. The third-order valence-corrected chi connectivity index (χ3v) is 3.71. The number of aliphatic hydroxyl groups is 1. The largest absolute Gasteiger partial charge is 0.395 e. The minimum absolute atomic E-state index is 0.332. The third kappa shape index (κ3) is 3.83. The number of nitrogens with zero attached hydrogens (tertiary/aromatic N) is 1. The normalized spacial score (nSPS) is 20.9. The van der Waals surface area contributed by atoms with Crippen LogP contribution < -0.4 is 0 Å². The number of aliphatic hydroxyl groups excluding tert-OH is 1. The number of likely N-dealkylation sites (tertiary alicyclic amines) is 1. The average Bonchev–Trinajstić information content (AvgIpc) is 2.83. The van der Waals surface area contributed by atoms with Gasteiger partial charge in [-0.15, -0.1) is 0 Å². The van der Waals surface area contributed by atoms with E-state index in [2.05, 4.69) is 35.2 Å². The van der Waals surface area contributed by atoms with Crippen LogP contribution in [-0.2, 0) is 6.42 Å². The summed E-state index contributed by atoms with van der Waals surface area (Å²) in [6.45, 7) is 2.66. The van der Waals surface area contributed by atoms with Crippen molar-refractivity contribution in [2.75, 3.05) is 19.7 Å². The lowest BCUT2D eigenvalue weighted by Gasteiger charge is -2.22. The summed E-state index contributed by atoms with van der Waals surface area (Å²) in [6.07, 6.45) is 6.10. The molecule has 0 radical (unpaired) electrons. The second-order valence-electron chi connectivity index (χ2n) is 4.96. The molecule has 2 rings (SSSR count). The molecule has 1 atom stereocenters. The van der Waals surface area contributed by atoms with Gasteiger partial charge in [-0.1, -0.05) is 30.3 Å². The van der Waals surface area contributed by atoms with Crippen LogP contribution in [0.25, 0.3) is 0 Å². The van der Waals surface area contributed by atoms with E-state index in [9.17, 15) is 5.11 Å². The molecular formula is C15H23NO. The summed E-state index contributed by atoms with van der Waals surface area (Å²) in [6, 6.07) is 11.1. The Morgan fingerprint density at radius 3 is 2.76 bits per heavy atom. The van der Waals surface area contributed by atoms with Crippen molar-refractivity contribution in [3.05, 3.63) is 35.9 Å². The maximum atomic E-state index is 9.23. The predicted molar refractivity (Wildman–Crippen MR) is 71.1 cm³/mol. The number of aryl methyl sites for hydroxylation is 1. The number of rotatable bonds is 6. The van der Waals surface area contributed by atoms with Crippen LogP contribution in [0.4, 0.5) is 0 Å². The van der Waals surface area contributed by atoms with E-state index in [1.807, 2.05) is 0 Å². The second kappa shape index (κ2) is 6.77. The Hall–Kier alpha value is -0.860. The summed E-state index contributed by atoms with van der Waals surface area (Å²) in [4.78, 5) is 2.45. The molecule has 0 amide bonds. The average molecular weight is 233 g/mol. The van der Waals surface area contributed by atoms with Gasteiger partial charge in [0.15, 0.2) is 0 Å². The van der Waals surface area contributed by atoms with Gasteiger partial charge in [0.1, 0.15) is 0 Å². The van der Waals surface area contributed by atoms with E-state index in [1.165, 1.54) is 44.2 Å². The van der Waals surface area contributed by atoms with Crippen molar-refractivity contribution >= 4 is 0 Å². The maximum absolute atomic E-state index is 9.23. The van der Waals surface area contributed by atoms with E-state index in [1.54, 1.807) is 0 Å². The molecular weight excluding hydrogens is 210 g/mol. The predicted octanol–water partition coefficient (Wildman–Crippen LogP) is 2.47. The zero-order chi connectivity index (χ0) is 11.9. The molecule has 1 aromatic carbocycles. The molecule has 1 N–H and O–H groups in total. The first kappa shape index (κ1) is 12.6. The first-order chi connectivity index (χ1) is 8.40. The van der Waals surface area contributed by atoms with Crippen molar-refractivity contribution in [1.82, 2.24) is 4.90 Å². The summed E-state index contributed by atoms with van der Waals surface area (Å²) in [5.41, 5.74) is 1.44. The van der Waals surface area contributed by atoms with E-state index in [-0.39, 0.29) is 0 Å². The highest BCUT2D eigenvalue weighted by Crippen LogP contribution is 2.17. The van der Waals surface area contributed by atoms with Crippen LogP contribution in [0.1, 0.15) is 31.2 Å². The van der Waals surface area contributed by atoms with Gasteiger partial charge in [-0.25, -0.2) is 0 Å². The number of benzene rings is 1. The van der Waals surface area contributed by atoms with Crippen LogP contribution in [0.5, 0.6) is 0 Å². The molecule has 2 nitrogen and oxygen atoms in total. The van der Waals surface area contributed by atoms with Crippen molar-refractivity contribution in [1.29, 1.82) is 0 Å². The lowest BCUT2D eigenvalue weighted by atomic mass is 10.1. The molecule has 0 bridgehead atoms. The highest BCUT2D eigenvalue weighted by Gasteiger charge is 2.22. The molecule has 0 saturated carbocycles. The monoisotopic (exact) mass is 233 g/mol. The summed E-state index contributed by atoms with van der Waals surface area (Å²) >= 11 is 0. The molecule has 1 aliphatic rings. The van der Waals surface area contributed by atoms with Crippen molar-refractivity contribution in [3.8, 4) is 0 Å². The minimum Gasteiger partial charge on any atom is -0.395 e. The summed E-state index contributed by atoms with van der Waals surface area (Å²) < 4.78 is 0. The zero-order valence-corrected chi connectivity index (χ0v) is 10.5. The van der Waals surface area contributed by atoms with E-state index >= 15 is 0 Å². The summed E-state index contributed by atoms with van der Waals surface area (Å²) in [5.74, 6) is 0. The van der Waals surface area contributed by atoms with Gasteiger partial charge in [-0.3, -0.25) is 4.90 Å². The van der Waals surface area contributed by atoms with Crippen molar-refractivity contribution in [2.45, 2.75) is 38.1 Å². The first-order valence-corrected chi connectivity index (χ1v) is 6.79. The fourth-order valence-corrected chi connectivity index (χ4v) is 2.68. The number of hydrogen-bond donors (Lipinski definition) is 1. The smallest absolute Gasteiger partial charge is 0.0586 e. The Labute approximate surface area is 104 Å². The topological polar surface area (TPSA) is 23.5 Å². The van der Waals surface area contributed by atoms with E-state index in [0.717, 1.165) is 6.54 Å². The molecule has 1 aliphatic heterocycles. The minimum atomic E-state index is 0.332. The quantitative estimate of drug-likeness (QED) is 0.763. The molecule has 94 valence electrons. The van der Waals surface area contributed by atoms with Crippen LogP contribution in [0.2, 0.25) is 0 Å². The maximum Gasteiger partial charge on any atom is 0.0586 e. The van der Waals surface area contributed by atoms with E-state index in [4.69, 9.17) is 0 Å². The Morgan fingerprint density at radius 1 is 1.18 bits per heavy atom. The van der Waals surface area contributed by atoms with Crippen molar-refractivity contribution in [2.24, 2.45) is 0 Å². The van der Waals surface area contributed by atoms with Gasteiger partial charge in [-0.05, 0) is 50.8 Å². The Bertz CT molecular complexity index is 312. The molecule has 1 heterocycles. The zero-order valence-electron chi connectivity index (χ0n) is 10.5. The van der Waals surface area contributed by atoms with Crippen LogP contribution in [-0.4, -0.2) is 35.7 Å². The van der Waals surface area contributed by atoms with Gasteiger partial charge in [0.05, 0.1) is 6.61 Å². The molecule has 1 aromatic rings. The molecule has 1 fully saturated rings. The van der Waals surface area contributed by atoms with Crippen molar-refractivity contribution in [3.63, 3.8) is 0 Å². The van der Waals surface area contributed by atoms with Gasteiger partial charge >= 0.3 is 0 Å². The lowest BCUT2D eigenvalue weighted by Crippen LogP contribution is -2.32. The Morgan fingerprint density at radius 2 is 2.00 bits per heavy atom. The second-order valence-corrected chi connectivity index (χ2v) is 4.96. The van der Waals surface area contributed by atoms with Crippen LogP contribution in [0.3, 0.4) is 0 Å². The Kier molecular flexibility index (Phi) is 5.02. The van der Waals surface area contributed by atoms with Crippen LogP contribution >= 0.6 is 0 Å². The number of hydrogen-bond acceptors (Lipinski definition) is 2. The van der Waals surface area contributed by atoms with Gasteiger partial charge in [0, 0.05) is 6.04 Å². The molecule has 1 saturated heterocycles. The molecule has 0 aliphatic carbocycles. The fraction of sp³-hybridized carbons (Fsp3) is 0.600. The summed E-state index contributed by atoms with van der Waals surface area (Å²) in [5, 5.41) is 9.23. The third-order valence-electron chi connectivity index (χ3n) is 3.71. The van der Waals surface area contributed by atoms with Gasteiger partial charge in [0.2, 0.25) is 0 Å². The SMILES string of the molecule is OC[C@H]1CCCN1CCCCc1ccccc1. The lowest BCUT2D eigenvalue weighted by molar-refractivity contribution is 0.157. The van der Waals surface area contributed by atoms with Gasteiger partial charge < -0.3 is 5.11 Å². The van der Waals surface area contributed by atoms with Crippen LogP contribution in [0.15, 0.2) is 30.3 Å². The van der Waals surface area contributed by atoms with E-state index < -0.39 is 0 Å². The molecule has 0 aromatic heterocycles. The Balaban J connectivity index is 1.63. The molecule has 17 heavy (non-hydrogen) atoms. The van der Waals surface area contributed by atoms with Crippen molar-refractivity contribution < 1.29 is 5.11 Å². The standard InChI is InChI=1S/C15H23NO/c17-13-15-10-6-12-16(15)11-5-4-9-14-7-2-1-3-8-14/h1-3,7-8,15,17H,4-6,9-13H2/t15-/m1/s1. The van der Waals surface area contributed by atoms with Gasteiger partial charge in [-0.2, -0.15) is 0 Å². The summed E-state index contributed by atoms with van der Waals surface area (Å²) in [7, 11) is 0.